The molecule has 3 aromatic rings. The van der Waals surface area contributed by atoms with Crippen LogP contribution in [0.25, 0.3) is 11.0 Å². The number of phenolic OH excluding ortho intramolecular Hbond substituents is 1. The van der Waals surface area contributed by atoms with E-state index in [1.54, 1.807) is 12.1 Å². The van der Waals surface area contributed by atoms with Gasteiger partial charge in [0.15, 0.2) is 11.9 Å². The first-order valence-corrected chi connectivity index (χ1v) is 11.4. The van der Waals surface area contributed by atoms with Crippen molar-refractivity contribution in [2.75, 3.05) is 6.61 Å². The summed E-state index contributed by atoms with van der Waals surface area (Å²) in [5, 5.41) is 11.3. The van der Waals surface area contributed by atoms with Crippen LogP contribution in [0, 0.1) is 5.92 Å². The summed E-state index contributed by atoms with van der Waals surface area (Å²) >= 11 is 12.3. The van der Waals surface area contributed by atoms with Crippen molar-refractivity contribution in [3.8, 4) is 5.75 Å². The van der Waals surface area contributed by atoms with Crippen LogP contribution in [0.3, 0.4) is 0 Å². The Kier molecular flexibility index (Phi) is 7.21. The number of hydrogen-bond donors (Lipinski definition) is 1. The standard InChI is InChI=1S/C25H24Cl2O5/c1-2-3-4-5-8-15-13-31-25(32-23(15)17-9-6-7-10-21(17)28)19-14-30-24-18(22(19)29)11-16(26)12-20(24)27/h4-7,9-12,14-15,23,25,28H,2-3,8,13H2,1H3/b5-4-/t15-,23+,25+/m1/s1. The fraction of sp³-hybridized carbons (Fsp3) is 0.320. The molecule has 1 N–H and O–H groups in total. The van der Waals surface area contributed by atoms with E-state index in [9.17, 15) is 9.90 Å². The lowest BCUT2D eigenvalue weighted by Gasteiger charge is -2.36. The Morgan fingerprint density at radius 3 is 2.75 bits per heavy atom. The van der Waals surface area contributed by atoms with Crippen molar-refractivity contribution >= 4 is 34.2 Å². The molecule has 0 spiro atoms. The van der Waals surface area contributed by atoms with Crippen molar-refractivity contribution < 1.29 is 19.0 Å². The molecule has 168 valence electrons. The predicted molar refractivity (Wildman–Crippen MR) is 125 cm³/mol. The van der Waals surface area contributed by atoms with E-state index >= 15 is 0 Å². The van der Waals surface area contributed by atoms with Crippen molar-refractivity contribution in [2.24, 2.45) is 5.92 Å². The summed E-state index contributed by atoms with van der Waals surface area (Å²) in [6.45, 7) is 2.48. The number of hydrogen-bond acceptors (Lipinski definition) is 5. The van der Waals surface area contributed by atoms with E-state index in [1.165, 1.54) is 18.4 Å². The molecule has 4 rings (SSSR count). The molecule has 0 saturated carbocycles. The second-order valence-corrected chi connectivity index (χ2v) is 8.66. The number of allylic oxidation sites excluding steroid dienone is 2. The fourth-order valence-electron chi connectivity index (χ4n) is 3.89. The van der Waals surface area contributed by atoms with Gasteiger partial charge in [-0.1, -0.05) is 66.9 Å². The van der Waals surface area contributed by atoms with Crippen LogP contribution in [-0.4, -0.2) is 11.7 Å². The van der Waals surface area contributed by atoms with Crippen LogP contribution in [0.5, 0.6) is 5.75 Å². The Balaban J connectivity index is 1.68. The molecule has 0 aliphatic carbocycles. The molecule has 1 aromatic heterocycles. The van der Waals surface area contributed by atoms with Crippen LogP contribution in [-0.2, 0) is 9.47 Å². The quantitative estimate of drug-likeness (QED) is 0.391. The number of rotatable bonds is 6. The molecule has 7 heteroatoms. The molecular weight excluding hydrogens is 451 g/mol. The highest BCUT2D eigenvalue weighted by Gasteiger charge is 2.36. The summed E-state index contributed by atoms with van der Waals surface area (Å²) in [6, 6.07) is 10.1. The number of fused-ring (bicyclic) bond motifs is 1. The Morgan fingerprint density at radius 1 is 1.16 bits per heavy atom. The first kappa shape index (κ1) is 22.9. The number of benzene rings is 2. The monoisotopic (exact) mass is 474 g/mol. The summed E-state index contributed by atoms with van der Waals surface area (Å²) in [5.74, 6) is 0.119. The molecule has 0 radical (unpaired) electrons. The smallest absolute Gasteiger partial charge is 0.201 e. The van der Waals surface area contributed by atoms with Crippen LogP contribution >= 0.6 is 23.2 Å². The predicted octanol–water partition coefficient (Wildman–Crippen LogP) is 6.95. The van der Waals surface area contributed by atoms with E-state index in [-0.39, 0.29) is 38.7 Å². The highest BCUT2D eigenvalue weighted by molar-refractivity contribution is 6.38. The average Bonchev–Trinajstić information content (AvgIpc) is 2.78. The maximum Gasteiger partial charge on any atom is 0.201 e. The first-order valence-electron chi connectivity index (χ1n) is 10.6. The number of unbranched alkanes of at least 4 members (excludes halogenated alkanes) is 1. The molecule has 1 aliphatic rings. The minimum absolute atomic E-state index is 0.0240. The van der Waals surface area contributed by atoms with Crippen molar-refractivity contribution in [3.63, 3.8) is 0 Å². The summed E-state index contributed by atoms with van der Waals surface area (Å²) in [4.78, 5) is 13.2. The lowest BCUT2D eigenvalue weighted by atomic mass is 9.91. The molecule has 2 heterocycles. The second kappa shape index (κ2) is 10.1. The van der Waals surface area contributed by atoms with E-state index in [1.807, 2.05) is 12.1 Å². The van der Waals surface area contributed by atoms with Gasteiger partial charge in [-0.3, -0.25) is 4.79 Å². The molecule has 1 saturated heterocycles. The van der Waals surface area contributed by atoms with E-state index in [0.29, 0.717) is 17.2 Å². The van der Waals surface area contributed by atoms with Crippen LogP contribution in [0.4, 0.5) is 0 Å². The maximum atomic E-state index is 13.2. The summed E-state index contributed by atoms with van der Waals surface area (Å²) in [5.41, 5.74) is 0.817. The SMILES string of the molecule is CCC/C=C\C[C@@H]1CO[C@H](c2coc3c(Cl)cc(Cl)cc3c2=O)O[C@@H]1c1ccccc1O. The van der Waals surface area contributed by atoms with Crippen LogP contribution in [0.1, 0.15) is 49.7 Å². The molecular formula is C25H24Cl2O5. The zero-order chi connectivity index (χ0) is 22.7. The van der Waals surface area contributed by atoms with Gasteiger partial charge in [0.25, 0.3) is 0 Å². The number of phenols is 1. The van der Waals surface area contributed by atoms with E-state index in [4.69, 9.17) is 37.1 Å². The Labute approximate surface area is 196 Å². The van der Waals surface area contributed by atoms with Crippen molar-refractivity contribution in [1.82, 2.24) is 0 Å². The van der Waals surface area contributed by atoms with E-state index in [2.05, 4.69) is 19.1 Å². The number of aromatic hydroxyl groups is 1. The Bertz CT molecular complexity index is 1190. The lowest BCUT2D eigenvalue weighted by Crippen LogP contribution is -2.32. The fourth-order valence-corrected chi connectivity index (χ4v) is 4.43. The second-order valence-electron chi connectivity index (χ2n) is 7.82. The molecule has 0 unspecified atom stereocenters. The molecule has 1 fully saturated rings. The summed E-state index contributed by atoms with van der Waals surface area (Å²) in [7, 11) is 0. The number of halogens is 2. The van der Waals surface area contributed by atoms with Gasteiger partial charge in [0, 0.05) is 16.5 Å². The minimum atomic E-state index is -0.950. The summed E-state index contributed by atoms with van der Waals surface area (Å²) in [6.07, 6.45) is 6.96. The minimum Gasteiger partial charge on any atom is -0.508 e. The summed E-state index contributed by atoms with van der Waals surface area (Å²) < 4.78 is 17.8. The molecule has 5 nitrogen and oxygen atoms in total. The zero-order valence-electron chi connectivity index (χ0n) is 17.6. The van der Waals surface area contributed by atoms with Crippen molar-refractivity contribution in [1.29, 1.82) is 0 Å². The van der Waals surface area contributed by atoms with Gasteiger partial charge >= 0.3 is 0 Å². The topological polar surface area (TPSA) is 68.9 Å². The third kappa shape index (κ3) is 4.71. The van der Waals surface area contributed by atoms with Gasteiger partial charge in [-0.15, -0.1) is 0 Å². The molecule has 2 aromatic carbocycles. The van der Waals surface area contributed by atoms with Gasteiger partial charge in [0.2, 0.25) is 5.43 Å². The largest absolute Gasteiger partial charge is 0.508 e. The van der Waals surface area contributed by atoms with Crippen LogP contribution in [0.2, 0.25) is 10.0 Å². The first-order chi connectivity index (χ1) is 15.5. The lowest BCUT2D eigenvalue weighted by molar-refractivity contribution is -0.244. The maximum absolute atomic E-state index is 13.2. The molecule has 0 amide bonds. The molecule has 3 atom stereocenters. The number of para-hydroxylation sites is 1. The van der Waals surface area contributed by atoms with E-state index < -0.39 is 12.4 Å². The van der Waals surface area contributed by atoms with Gasteiger partial charge in [-0.2, -0.15) is 0 Å². The average molecular weight is 475 g/mol. The van der Waals surface area contributed by atoms with Gasteiger partial charge in [0.05, 0.1) is 28.7 Å². The van der Waals surface area contributed by atoms with Crippen molar-refractivity contribution in [2.45, 2.75) is 38.6 Å². The van der Waals surface area contributed by atoms with Gasteiger partial charge in [-0.25, -0.2) is 0 Å². The van der Waals surface area contributed by atoms with Gasteiger partial charge in [0.1, 0.15) is 12.0 Å². The van der Waals surface area contributed by atoms with Crippen LogP contribution in [0.15, 0.2) is 64.0 Å². The van der Waals surface area contributed by atoms with Gasteiger partial charge < -0.3 is 19.0 Å². The highest BCUT2D eigenvalue weighted by Crippen LogP contribution is 2.42. The number of ether oxygens (including phenoxy) is 2. The Hall–Kier alpha value is -2.31. The Morgan fingerprint density at radius 2 is 1.97 bits per heavy atom. The van der Waals surface area contributed by atoms with Crippen LogP contribution < -0.4 is 5.43 Å². The van der Waals surface area contributed by atoms with E-state index in [0.717, 1.165) is 19.3 Å². The van der Waals surface area contributed by atoms with Gasteiger partial charge in [-0.05, 0) is 31.0 Å². The zero-order valence-corrected chi connectivity index (χ0v) is 19.1. The third-order valence-corrected chi connectivity index (χ3v) is 6.04. The molecule has 32 heavy (non-hydrogen) atoms. The third-order valence-electron chi connectivity index (χ3n) is 5.54. The highest BCUT2D eigenvalue weighted by atomic mass is 35.5. The molecule has 0 bridgehead atoms. The normalized spacial score (nSPS) is 21.4. The van der Waals surface area contributed by atoms with Crippen molar-refractivity contribution in [3.05, 3.63) is 86.2 Å². The molecule has 1 aliphatic heterocycles.